The molecule has 1 heterocycles. The number of nitrogens with two attached hydrogens (primary N) is 1. The van der Waals surface area contributed by atoms with E-state index in [0.29, 0.717) is 5.22 Å². The Morgan fingerprint density at radius 3 is 2.33 bits per heavy atom. The summed E-state index contributed by atoms with van der Waals surface area (Å²) in [7, 11) is 0. The van der Waals surface area contributed by atoms with Crippen LogP contribution in [0.5, 0.6) is 0 Å². The Kier molecular flexibility index (Phi) is 3.79. The molecule has 2 N–H and O–H groups in total. The molecule has 3 heteroatoms. The minimum absolute atomic E-state index is 0.128. The molecule has 0 bridgehead atoms. The van der Waals surface area contributed by atoms with Gasteiger partial charge in [0.1, 0.15) is 0 Å². The maximum atomic E-state index is 6.20. The van der Waals surface area contributed by atoms with Crippen molar-refractivity contribution < 1.29 is 4.42 Å². The number of hydrogen-bond donors (Lipinski definition) is 1. The fraction of sp³-hybridized carbons (Fsp3) is 0.333. The lowest BCUT2D eigenvalue weighted by Crippen LogP contribution is -2.14. The summed E-state index contributed by atoms with van der Waals surface area (Å²) in [5, 5.41) is 0.393. The van der Waals surface area contributed by atoms with Crippen molar-refractivity contribution in [1.82, 2.24) is 0 Å². The number of aryl methyl sites for hydroxylation is 3. The third-order valence-electron chi connectivity index (χ3n) is 3.31. The van der Waals surface area contributed by atoms with E-state index in [1.807, 2.05) is 6.07 Å². The topological polar surface area (TPSA) is 39.2 Å². The summed E-state index contributed by atoms with van der Waals surface area (Å²) in [6, 6.07) is 6.08. The van der Waals surface area contributed by atoms with Crippen LogP contribution >= 0.6 is 11.6 Å². The largest absolute Gasteiger partial charge is 0.453 e. The van der Waals surface area contributed by atoms with E-state index >= 15 is 0 Å². The standard InChI is InChI=1S/C15H18ClNO/c1-9-6-10(2)13(11(3)7-9)8-14(17)12-4-5-18-15(12)16/h4-7,14H,8,17H2,1-3H3. The molecule has 96 valence electrons. The van der Waals surface area contributed by atoms with E-state index in [9.17, 15) is 0 Å². The zero-order valence-electron chi connectivity index (χ0n) is 11.0. The molecule has 0 saturated heterocycles. The van der Waals surface area contributed by atoms with Crippen LogP contribution in [0, 0.1) is 20.8 Å². The van der Waals surface area contributed by atoms with E-state index in [-0.39, 0.29) is 6.04 Å². The molecule has 1 aromatic carbocycles. The highest BCUT2D eigenvalue weighted by atomic mass is 35.5. The molecule has 0 saturated carbocycles. The first kappa shape index (κ1) is 13.2. The van der Waals surface area contributed by atoms with Gasteiger partial charge in [0, 0.05) is 11.6 Å². The summed E-state index contributed by atoms with van der Waals surface area (Å²) in [6.07, 6.45) is 2.35. The maximum absolute atomic E-state index is 6.20. The Morgan fingerprint density at radius 1 is 1.22 bits per heavy atom. The molecule has 2 nitrogen and oxygen atoms in total. The Balaban J connectivity index is 2.27. The highest BCUT2D eigenvalue weighted by Gasteiger charge is 2.15. The summed E-state index contributed by atoms with van der Waals surface area (Å²) < 4.78 is 5.09. The predicted octanol–water partition coefficient (Wildman–Crippen LogP) is 4.10. The van der Waals surface area contributed by atoms with Gasteiger partial charge in [0.05, 0.1) is 6.26 Å². The highest BCUT2D eigenvalue weighted by Crippen LogP contribution is 2.27. The summed E-state index contributed by atoms with van der Waals surface area (Å²) in [5.41, 5.74) is 12.2. The molecule has 0 spiro atoms. The lowest BCUT2D eigenvalue weighted by Gasteiger charge is -2.15. The van der Waals surface area contributed by atoms with Crippen molar-refractivity contribution >= 4 is 11.6 Å². The Hall–Kier alpha value is -1.25. The van der Waals surface area contributed by atoms with Gasteiger partial charge >= 0.3 is 0 Å². The molecule has 1 aromatic heterocycles. The Morgan fingerprint density at radius 2 is 1.83 bits per heavy atom. The average Bonchev–Trinajstić information content (AvgIpc) is 2.69. The number of rotatable bonds is 3. The highest BCUT2D eigenvalue weighted by molar-refractivity contribution is 6.29. The average molecular weight is 264 g/mol. The van der Waals surface area contributed by atoms with Crippen LogP contribution in [0.3, 0.4) is 0 Å². The summed E-state index contributed by atoms with van der Waals surface area (Å²) >= 11 is 5.96. The molecular weight excluding hydrogens is 246 g/mol. The van der Waals surface area contributed by atoms with Crippen LogP contribution in [0.25, 0.3) is 0 Å². The van der Waals surface area contributed by atoms with Crippen LogP contribution in [-0.2, 0) is 6.42 Å². The molecule has 2 rings (SSSR count). The minimum atomic E-state index is -0.128. The van der Waals surface area contributed by atoms with Crippen molar-refractivity contribution in [2.75, 3.05) is 0 Å². The van der Waals surface area contributed by atoms with E-state index in [2.05, 4.69) is 32.9 Å². The van der Waals surface area contributed by atoms with Gasteiger partial charge in [-0.05, 0) is 61.5 Å². The van der Waals surface area contributed by atoms with Crippen LogP contribution in [0.4, 0.5) is 0 Å². The van der Waals surface area contributed by atoms with Crippen LogP contribution < -0.4 is 5.73 Å². The van der Waals surface area contributed by atoms with E-state index in [4.69, 9.17) is 21.8 Å². The van der Waals surface area contributed by atoms with Crippen LogP contribution in [0.1, 0.15) is 33.9 Å². The molecule has 0 fully saturated rings. The van der Waals surface area contributed by atoms with E-state index in [1.54, 1.807) is 6.26 Å². The van der Waals surface area contributed by atoms with Crippen molar-refractivity contribution in [3.8, 4) is 0 Å². The number of halogens is 1. The molecule has 1 atom stereocenters. The van der Waals surface area contributed by atoms with Crippen LogP contribution in [-0.4, -0.2) is 0 Å². The van der Waals surface area contributed by atoms with Crippen LogP contribution in [0.2, 0.25) is 5.22 Å². The molecule has 0 aliphatic rings. The third-order valence-corrected chi connectivity index (χ3v) is 3.62. The lowest BCUT2D eigenvalue weighted by atomic mass is 9.93. The van der Waals surface area contributed by atoms with Crippen molar-refractivity contribution in [3.05, 3.63) is 57.5 Å². The first-order valence-electron chi connectivity index (χ1n) is 6.04. The first-order valence-corrected chi connectivity index (χ1v) is 6.42. The molecule has 0 aliphatic heterocycles. The molecule has 2 aromatic rings. The van der Waals surface area contributed by atoms with Crippen LogP contribution in [0.15, 0.2) is 28.9 Å². The van der Waals surface area contributed by atoms with Crippen molar-refractivity contribution in [3.63, 3.8) is 0 Å². The molecule has 0 radical (unpaired) electrons. The van der Waals surface area contributed by atoms with Crippen molar-refractivity contribution in [2.24, 2.45) is 5.73 Å². The molecule has 18 heavy (non-hydrogen) atoms. The maximum Gasteiger partial charge on any atom is 0.197 e. The van der Waals surface area contributed by atoms with E-state index in [1.165, 1.54) is 22.3 Å². The SMILES string of the molecule is Cc1cc(C)c(CC(N)c2ccoc2Cl)c(C)c1. The fourth-order valence-corrected chi connectivity index (χ4v) is 2.69. The monoisotopic (exact) mass is 263 g/mol. The van der Waals surface area contributed by atoms with Gasteiger partial charge < -0.3 is 10.2 Å². The predicted molar refractivity (Wildman–Crippen MR) is 75.0 cm³/mol. The van der Waals surface area contributed by atoms with Gasteiger partial charge in [0.25, 0.3) is 0 Å². The zero-order valence-corrected chi connectivity index (χ0v) is 11.7. The number of benzene rings is 1. The van der Waals surface area contributed by atoms with Gasteiger partial charge in [0.15, 0.2) is 5.22 Å². The third kappa shape index (κ3) is 2.60. The summed E-state index contributed by atoms with van der Waals surface area (Å²) in [4.78, 5) is 0. The van der Waals surface area contributed by atoms with Gasteiger partial charge in [-0.25, -0.2) is 0 Å². The number of furan rings is 1. The Bertz CT molecular complexity index is 536. The zero-order chi connectivity index (χ0) is 13.3. The van der Waals surface area contributed by atoms with Crippen molar-refractivity contribution in [2.45, 2.75) is 33.2 Å². The molecule has 0 amide bonds. The summed E-state index contributed by atoms with van der Waals surface area (Å²) in [6.45, 7) is 6.36. The second-order valence-electron chi connectivity index (χ2n) is 4.84. The minimum Gasteiger partial charge on any atom is -0.453 e. The smallest absolute Gasteiger partial charge is 0.197 e. The van der Waals surface area contributed by atoms with Gasteiger partial charge in [-0.1, -0.05) is 17.7 Å². The van der Waals surface area contributed by atoms with Gasteiger partial charge in [0.2, 0.25) is 0 Å². The normalized spacial score (nSPS) is 12.7. The molecule has 0 aliphatic carbocycles. The quantitative estimate of drug-likeness (QED) is 0.905. The number of hydrogen-bond acceptors (Lipinski definition) is 2. The molecule has 1 unspecified atom stereocenters. The first-order chi connectivity index (χ1) is 8.49. The lowest BCUT2D eigenvalue weighted by molar-refractivity contribution is 0.560. The van der Waals surface area contributed by atoms with Gasteiger partial charge in [-0.3, -0.25) is 0 Å². The fourth-order valence-electron chi connectivity index (χ4n) is 2.43. The van der Waals surface area contributed by atoms with E-state index in [0.717, 1.165) is 12.0 Å². The van der Waals surface area contributed by atoms with Gasteiger partial charge in [-0.15, -0.1) is 0 Å². The second-order valence-corrected chi connectivity index (χ2v) is 5.18. The van der Waals surface area contributed by atoms with Gasteiger partial charge in [-0.2, -0.15) is 0 Å². The summed E-state index contributed by atoms with van der Waals surface area (Å²) in [5.74, 6) is 0. The molecular formula is C15H18ClNO. The Labute approximate surface area is 113 Å². The van der Waals surface area contributed by atoms with E-state index < -0.39 is 0 Å². The second kappa shape index (κ2) is 5.17. The van der Waals surface area contributed by atoms with Crippen molar-refractivity contribution in [1.29, 1.82) is 0 Å².